The number of nitrogens with zero attached hydrogens (tertiary/aromatic N) is 1. The highest BCUT2D eigenvalue weighted by atomic mass is 32.2. The molecule has 2 N–H and O–H groups in total. The number of halogens is 1. The van der Waals surface area contributed by atoms with Gasteiger partial charge in [-0.2, -0.15) is 4.40 Å². The third kappa shape index (κ3) is 3.10. The van der Waals surface area contributed by atoms with E-state index in [9.17, 15) is 4.39 Å². The van der Waals surface area contributed by atoms with E-state index >= 15 is 0 Å². The molecule has 0 fully saturated rings. The first-order chi connectivity index (χ1) is 8.19. The first kappa shape index (κ1) is 12.2. The van der Waals surface area contributed by atoms with Gasteiger partial charge in [0.1, 0.15) is 5.82 Å². The van der Waals surface area contributed by atoms with Crippen LogP contribution >= 0.6 is 11.9 Å². The van der Waals surface area contributed by atoms with Crippen LogP contribution in [0.3, 0.4) is 0 Å². The lowest BCUT2D eigenvalue weighted by Crippen LogP contribution is -2.40. The Kier molecular flexibility index (Phi) is 3.86. The van der Waals surface area contributed by atoms with Gasteiger partial charge in [-0.25, -0.2) is 4.39 Å². The quantitative estimate of drug-likeness (QED) is 0.813. The van der Waals surface area contributed by atoms with Crippen molar-refractivity contribution in [1.82, 2.24) is 5.32 Å². The predicted molar refractivity (Wildman–Crippen MR) is 67.8 cm³/mol. The minimum Gasteiger partial charge on any atom is -0.383 e. The summed E-state index contributed by atoms with van der Waals surface area (Å²) in [5.41, 5.74) is 0.860. The normalized spacial score (nSPS) is 15.6. The maximum absolute atomic E-state index is 13.0. The zero-order valence-corrected chi connectivity index (χ0v) is 10.5. The molecule has 0 saturated heterocycles. The van der Waals surface area contributed by atoms with E-state index in [0.717, 1.165) is 10.6 Å². The van der Waals surface area contributed by atoms with Crippen LogP contribution in [0.15, 0.2) is 27.5 Å². The Labute approximate surface area is 104 Å². The summed E-state index contributed by atoms with van der Waals surface area (Å²) in [4.78, 5) is 0.787. The van der Waals surface area contributed by atoms with Crippen LogP contribution in [0, 0.1) is 5.82 Å². The van der Waals surface area contributed by atoms with E-state index in [1.165, 1.54) is 24.1 Å². The fraction of sp³-hybridized carbons (Fsp3) is 0.364. The maximum atomic E-state index is 13.0. The molecule has 1 heterocycles. The summed E-state index contributed by atoms with van der Waals surface area (Å²) in [6, 6.07) is 4.75. The van der Waals surface area contributed by atoms with Crippen molar-refractivity contribution < 1.29 is 9.13 Å². The summed E-state index contributed by atoms with van der Waals surface area (Å²) in [6.07, 6.45) is 0. The Morgan fingerprint density at radius 1 is 1.59 bits per heavy atom. The second-order valence-corrected chi connectivity index (χ2v) is 4.60. The molecule has 0 bridgehead atoms. The lowest BCUT2D eigenvalue weighted by atomic mass is 10.3. The SMILES string of the molecule is COCC(C)NC1=NSc2cc(F)ccc2N1. The summed E-state index contributed by atoms with van der Waals surface area (Å²) in [6.45, 7) is 2.60. The van der Waals surface area contributed by atoms with Gasteiger partial charge in [-0.15, -0.1) is 0 Å². The topological polar surface area (TPSA) is 45.6 Å². The molecule has 2 rings (SSSR count). The third-order valence-corrected chi connectivity index (χ3v) is 3.04. The number of fused-ring (bicyclic) bond motifs is 1. The molecule has 92 valence electrons. The molecule has 1 atom stereocenters. The third-order valence-electron chi connectivity index (χ3n) is 2.23. The van der Waals surface area contributed by atoms with Gasteiger partial charge in [0, 0.05) is 25.1 Å². The van der Waals surface area contributed by atoms with Crippen LogP contribution < -0.4 is 10.6 Å². The molecular weight excluding hydrogens is 241 g/mol. The lowest BCUT2D eigenvalue weighted by Gasteiger charge is -2.21. The van der Waals surface area contributed by atoms with E-state index in [1.54, 1.807) is 13.2 Å². The Morgan fingerprint density at radius 3 is 3.18 bits per heavy atom. The van der Waals surface area contributed by atoms with Gasteiger partial charge in [0.05, 0.1) is 17.2 Å². The average Bonchev–Trinajstić information content (AvgIpc) is 2.29. The molecule has 1 aromatic carbocycles. The van der Waals surface area contributed by atoms with Gasteiger partial charge < -0.3 is 15.4 Å². The number of hydrogen-bond donors (Lipinski definition) is 2. The molecule has 0 aliphatic carbocycles. The molecule has 0 spiro atoms. The molecule has 17 heavy (non-hydrogen) atoms. The van der Waals surface area contributed by atoms with Crippen LogP contribution in [0.4, 0.5) is 10.1 Å². The number of benzene rings is 1. The van der Waals surface area contributed by atoms with E-state index in [-0.39, 0.29) is 11.9 Å². The Morgan fingerprint density at radius 2 is 2.41 bits per heavy atom. The van der Waals surface area contributed by atoms with Gasteiger partial charge in [-0.3, -0.25) is 0 Å². The van der Waals surface area contributed by atoms with Gasteiger partial charge >= 0.3 is 0 Å². The summed E-state index contributed by atoms with van der Waals surface area (Å²) >= 11 is 1.25. The number of guanidine groups is 1. The molecule has 0 saturated carbocycles. The first-order valence-electron chi connectivity index (χ1n) is 5.26. The van der Waals surface area contributed by atoms with E-state index < -0.39 is 0 Å². The van der Waals surface area contributed by atoms with Crippen LogP contribution in [-0.4, -0.2) is 25.7 Å². The lowest BCUT2D eigenvalue weighted by molar-refractivity contribution is 0.179. The fourth-order valence-corrected chi connectivity index (χ4v) is 2.18. The summed E-state index contributed by atoms with van der Waals surface area (Å²) in [5.74, 6) is 0.413. The summed E-state index contributed by atoms with van der Waals surface area (Å²) < 4.78 is 22.2. The van der Waals surface area contributed by atoms with Crippen molar-refractivity contribution >= 4 is 23.6 Å². The van der Waals surface area contributed by atoms with Gasteiger partial charge in [0.15, 0.2) is 0 Å². The predicted octanol–water partition coefficient (Wildman–Crippen LogP) is 2.24. The minimum atomic E-state index is -0.252. The smallest absolute Gasteiger partial charge is 0.208 e. The van der Waals surface area contributed by atoms with Crippen LogP contribution in [0.25, 0.3) is 0 Å². The number of anilines is 1. The Hall–Kier alpha value is -1.27. The van der Waals surface area contributed by atoms with Crippen molar-refractivity contribution in [3.63, 3.8) is 0 Å². The van der Waals surface area contributed by atoms with E-state index in [2.05, 4.69) is 15.0 Å². The van der Waals surface area contributed by atoms with Crippen LogP contribution in [-0.2, 0) is 4.74 Å². The molecule has 1 aromatic rings. The monoisotopic (exact) mass is 255 g/mol. The Balaban J connectivity index is 2.02. The first-order valence-corrected chi connectivity index (χ1v) is 6.03. The van der Waals surface area contributed by atoms with E-state index in [0.29, 0.717) is 12.6 Å². The minimum absolute atomic E-state index is 0.161. The maximum Gasteiger partial charge on any atom is 0.208 e. The zero-order chi connectivity index (χ0) is 12.3. The number of methoxy groups -OCH3 is 1. The molecule has 1 aliphatic heterocycles. The second-order valence-electron chi connectivity index (χ2n) is 3.80. The van der Waals surface area contributed by atoms with Gasteiger partial charge in [-0.05, 0) is 25.1 Å². The molecule has 6 heteroatoms. The van der Waals surface area contributed by atoms with Gasteiger partial charge in [0.25, 0.3) is 0 Å². The van der Waals surface area contributed by atoms with Crippen molar-refractivity contribution in [1.29, 1.82) is 0 Å². The van der Waals surface area contributed by atoms with Crippen molar-refractivity contribution in [2.45, 2.75) is 17.9 Å². The number of nitrogens with one attached hydrogen (secondary N) is 2. The second kappa shape index (κ2) is 5.37. The summed E-state index contributed by atoms with van der Waals surface area (Å²) in [7, 11) is 1.65. The van der Waals surface area contributed by atoms with Crippen LogP contribution in [0.1, 0.15) is 6.92 Å². The molecule has 0 radical (unpaired) electrons. The largest absolute Gasteiger partial charge is 0.383 e. The van der Waals surface area contributed by atoms with E-state index in [1.807, 2.05) is 6.92 Å². The highest BCUT2D eigenvalue weighted by Gasteiger charge is 2.14. The van der Waals surface area contributed by atoms with Gasteiger partial charge in [0.2, 0.25) is 5.96 Å². The highest BCUT2D eigenvalue weighted by molar-refractivity contribution is 7.98. The fourth-order valence-electron chi connectivity index (χ4n) is 1.51. The number of hydrogen-bond acceptors (Lipinski definition) is 5. The van der Waals surface area contributed by atoms with Crippen molar-refractivity contribution in [3.05, 3.63) is 24.0 Å². The van der Waals surface area contributed by atoms with Crippen molar-refractivity contribution in [3.8, 4) is 0 Å². The molecule has 1 aliphatic rings. The van der Waals surface area contributed by atoms with E-state index in [4.69, 9.17) is 4.74 Å². The average molecular weight is 255 g/mol. The molecule has 4 nitrogen and oxygen atoms in total. The van der Waals surface area contributed by atoms with Crippen molar-refractivity contribution in [2.24, 2.45) is 4.40 Å². The van der Waals surface area contributed by atoms with Crippen LogP contribution in [0.5, 0.6) is 0 Å². The molecule has 0 amide bonds. The van der Waals surface area contributed by atoms with Crippen molar-refractivity contribution in [2.75, 3.05) is 19.0 Å². The molecular formula is C11H14FN3OS. The van der Waals surface area contributed by atoms with Gasteiger partial charge in [-0.1, -0.05) is 0 Å². The molecule has 1 unspecified atom stereocenters. The highest BCUT2D eigenvalue weighted by Crippen LogP contribution is 2.31. The summed E-state index contributed by atoms with van der Waals surface area (Å²) in [5, 5.41) is 6.28. The molecule has 0 aromatic heterocycles. The standard InChI is InChI=1S/C11H14FN3OS/c1-7(6-16-2)13-11-14-9-4-3-8(12)5-10(9)17-15-11/h3-5,7H,6H2,1-2H3,(H2,13,14,15). The number of ether oxygens (including phenoxy) is 1. The Bertz CT molecular complexity index is 439. The van der Waals surface area contributed by atoms with Crippen LogP contribution in [0.2, 0.25) is 0 Å². The zero-order valence-electron chi connectivity index (χ0n) is 9.66. The number of rotatable bonds is 3.